The smallest absolute Gasteiger partial charge is 0.317 e. The number of hydrogen-bond donors (Lipinski definition) is 1. The van der Waals surface area contributed by atoms with Gasteiger partial charge >= 0.3 is 6.03 Å². The van der Waals surface area contributed by atoms with E-state index in [2.05, 4.69) is 10.2 Å². The predicted molar refractivity (Wildman–Crippen MR) is 96.4 cm³/mol. The Morgan fingerprint density at radius 1 is 1.04 bits per heavy atom. The number of carbonyl (C=O) groups is 1. The number of nitrogens with one attached hydrogen (secondary N) is 1. The van der Waals surface area contributed by atoms with Crippen LogP contribution in [-0.4, -0.2) is 82.5 Å². The van der Waals surface area contributed by atoms with Crippen LogP contribution >= 0.6 is 0 Å². The van der Waals surface area contributed by atoms with Crippen molar-refractivity contribution in [2.75, 3.05) is 66.7 Å². The lowest BCUT2D eigenvalue weighted by Gasteiger charge is -2.34. The molecule has 1 aromatic carbocycles. The van der Waals surface area contributed by atoms with Gasteiger partial charge in [0.05, 0.1) is 13.7 Å². The summed E-state index contributed by atoms with van der Waals surface area (Å²) in [5, 5.41) is 2.91. The molecule has 0 bridgehead atoms. The highest BCUT2D eigenvalue weighted by Gasteiger charge is 2.20. The standard InChI is InChI=1S/C18H29N3O4/c1-23-14-3-9-20-10-12-21(13-11-20)18(22)19-8-15-25-17-6-4-16(24-2)5-7-17/h4-7H,3,8-15H2,1-2H3,(H,19,22). The van der Waals surface area contributed by atoms with Crippen LogP contribution in [-0.2, 0) is 4.74 Å². The van der Waals surface area contributed by atoms with E-state index in [1.807, 2.05) is 29.2 Å². The van der Waals surface area contributed by atoms with E-state index >= 15 is 0 Å². The molecule has 0 aromatic heterocycles. The SMILES string of the molecule is COCCCN1CCN(C(=O)NCCOc2ccc(OC)cc2)CC1. The monoisotopic (exact) mass is 351 g/mol. The molecule has 140 valence electrons. The summed E-state index contributed by atoms with van der Waals surface area (Å²) in [4.78, 5) is 16.4. The molecule has 25 heavy (non-hydrogen) atoms. The van der Waals surface area contributed by atoms with Crippen molar-refractivity contribution >= 4 is 6.03 Å². The molecule has 0 saturated carbocycles. The van der Waals surface area contributed by atoms with Crippen LogP contribution in [0.5, 0.6) is 11.5 Å². The first-order valence-electron chi connectivity index (χ1n) is 8.74. The summed E-state index contributed by atoms with van der Waals surface area (Å²) >= 11 is 0. The molecule has 1 aliphatic rings. The van der Waals surface area contributed by atoms with E-state index in [9.17, 15) is 4.79 Å². The average molecular weight is 351 g/mol. The second kappa shape index (κ2) is 10.8. The Morgan fingerprint density at radius 3 is 2.36 bits per heavy atom. The van der Waals surface area contributed by atoms with Crippen molar-refractivity contribution in [1.29, 1.82) is 0 Å². The Morgan fingerprint density at radius 2 is 1.72 bits per heavy atom. The molecule has 1 N–H and O–H groups in total. The normalized spacial score (nSPS) is 15.0. The molecule has 0 aliphatic carbocycles. The fourth-order valence-electron chi connectivity index (χ4n) is 2.72. The Labute approximate surface area is 149 Å². The minimum Gasteiger partial charge on any atom is -0.497 e. The van der Waals surface area contributed by atoms with Gasteiger partial charge in [-0.1, -0.05) is 0 Å². The molecule has 7 heteroatoms. The van der Waals surface area contributed by atoms with E-state index in [4.69, 9.17) is 14.2 Å². The summed E-state index contributed by atoms with van der Waals surface area (Å²) in [6, 6.07) is 7.38. The number of piperazine rings is 1. The maximum absolute atomic E-state index is 12.2. The third-order valence-corrected chi connectivity index (χ3v) is 4.19. The summed E-state index contributed by atoms with van der Waals surface area (Å²) in [5.41, 5.74) is 0. The Kier molecular flexibility index (Phi) is 8.34. The van der Waals surface area contributed by atoms with Gasteiger partial charge < -0.3 is 24.4 Å². The van der Waals surface area contributed by atoms with E-state index in [0.717, 1.165) is 57.3 Å². The zero-order valence-corrected chi connectivity index (χ0v) is 15.2. The zero-order valence-electron chi connectivity index (χ0n) is 15.2. The number of nitrogens with zero attached hydrogens (tertiary/aromatic N) is 2. The second-order valence-electron chi connectivity index (χ2n) is 5.93. The maximum atomic E-state index is 12.2. The van der Waals surface area contributed by atoms with E-state index < -0.39 is 0 Å². The third-order valence-electron chi connectivity index (χ3n) is 4.19. The zero-order chi connectivity index (χ0) is 17.9. The topological polar surface area (TPSA) is 63.3 Å². The average Bonchev–Trinajstić information content (AvgIpc) is 2.66. The van der Waals surface area contributed by atoms with Crippen molar-refractivity contribution in [2.24, 2.45) is 0 Å². The number of ether oxygens (including phenoxy) is 3. The van der Waals surface area contributed by atoms with Crippen LogP contribution in [0.25, 0.3) is 0 Å². The van der Waals surface area contributed by atoms with Crippen LogP contribution in [0.3, 0.4) is 0 Å². The molecule has 0 atom stereocenters. The fourth-order valence-corrected chi connectivity index (χ4v) is 2.72. The lowest BCUT2D eigenvalue weighted by molar-refractivity contribution is 0.124. The van der Waals surface area contributed by atoms with E-state index in [-0.39, 0.29) is 6.03 Å². The molecule has 0 radical (unpaired) electrons. The third kappa shape index (κ3) is 6.80. The fraction of sp³-hybridized carbons (Fsp3) is 0.611. The van der Waals surface area contributed by atoms with Crippen molar-refractivity contribution in [3.8, 4) is 11.5 Å². The molecule has 7 nitrogen and oxygen atoms in total. The van der Waals surface area contributed by atoms with Gasteiger partial charge in [-0.15, -0.1) is 0 Å². The summed E-state index contributed by atoms with van der Waals surface area (Å²) in [5.74, 6) is 1.56. The molecule has 1 aromatic rings. The van der Waals surface area contributed by atoms with Gasteiger partial charge in [0.1, 0.15) is 18.1 Å². The number of benzene rings is 1. The number of carbonyl (C=O) groups excluding carboxylic acids is 1. The van der Waals surface area contributed by atoms with Gasteiger partial charge in [-0.3, -0.25) is 4.90 Å². The van der Waals surface area contributed by atoms with Crippen LogP contribution in [0.15, 0.2) is 24.3 Å². The quantitative estimate of drug-likeness (QED) is 0.682. The van der Waals surface area contributed by atoms with Gasteiger partial charge in [-0.25, -0.2) is 4.79 Å². The number of urea groups is 1. The Hall–Kier alpha value is -1.99. The summed E-state index contributed by atoms with van der Waals surface area (Å²) in [6.45, 7) is 6.09. The van der Waals surface area contributed by atoms with Gasteiger partial charge in [0.25, 0.3) is 0 Å². The molecule has 1 heterocycles. The molecule has 0 spiro atoms. The van der Waals surface area contributed by atoms with Crippen molar-refractivity contribution in [2.45, 2.75) is 6.42 Å². The highest BCUT2D eigenvalue weighted by atomic mass is 16.5. The molecule has 1 saturated heterocycles. The summed E-state index contributed by atoms with van der Waals surface area (Å²) in [6.07, 6.45) is 1.03. The van der Waals surface area contributed by atoms with E-state index in [0.29, 0.717) is 13.2 Å². The first-order chi connectivity index (χ1) is 12.2. The minimum atomic E-state index is -0.0186. The van der Waals surface area contributed by atoms with Gasteiger partial charge in [0.15, 0.2) is 0 Å². The molecule has 0 unspecified atom stereocenters. The largest absolute Gasteiger partial charge is 0.497 e. The molecular weight excluding hydrogens is 322 g/mol. The van der Waals surface area contributed by atoms with Crippen molar-refractivity contribution in [3.63, 3.8) is 0 Å². The second-order valence-corrected chi connectivity index (χ2v) is 5.93. The van der Waals surface area contributed by atoms with Crippen molar-refractivity contribution < 1.29 is 19.0 Å². The molecule has 2 amide bonds. The van der Waals surface area contributed by atoms with Crippen LogP contribution in [0, 0.1) is 0 Å². The maximum Gasteiger partial charge on any atom is 0.317 e. The van der Waals surface area contributed by atoms with Crippen LogP contribution < -0.4 is 14.8 Å². The number of amides is 2. The number of hydrogen-bond acceptors (Lipinski definition) is 5. The molecule has 2 rings (SSSR count). The highest BCUT2D eigenvalue weighted by molar-refractivity contribution is 5.74. The summed E-state index contributed by atoms with van der Waals surface area (Å²) in [7, 11) is 3.35. The van der Waals surface area contributed by atoms with E-state index in [1.54, 1.807) is 14.2 Å². The first kappa shape index (κ1) is 19.3. The molecular formula is C18H29N3O4. The van der Waals surface area contributed by atoms with Gasteiger partial charge in [-0.2, -0.15) is 0 Å². The summed E-state index contributed by atoms with van der Waals surface area (Å²) < 4.78 is 15.8. The van der Waals surface area contributed by atoms with Crippen LogP contribution in [0.2, 0.25) is 0 Å². The number of methoxy groups -OCH3 is 2. The van der Waals surface area contributed by atoms with Crippen molar-refractivity contribution in [1.82, 2.24) is 15.1 Å². The van der Waals surface area contributed by atoms with E-state index in [1.165, 1.54) is 0 Å². The molecule has 1 fully saturated rings. The lowest BCUT2D eigenvalue weighted by atomic mass is 10.3. The predicted octanol–water partition coefficient (Wildman–Crippen LogP) is 1.44. The highest BCUT2D eigenvalue weighted by Crippen LogP contribution is 2.16. The Balaban J connectivity index is 1.57. The van der Waals surface area contributed by atoms with Gasteiger partial charge in [0, 0.05) is 46.4 Å². The number of rotatable bonds is 9. The first-order valence-corrected chi connectivity index (χ1v) is 8.74. The minimum absolute atomic E-state index is 0.0186. The van der Waals surface area contributed by atoms with Crippen LogP contribution in [0.1, 0.15) is 6.42 Å². The Bertz CT molecular complexity index is 502. The van der Waals surface area contributed by atoms with Gasteiger partial charge in [0.2, 0.25) is 0 Å². The van der Waals surface area contributed by atoms with Crippen molar-refractivity contribution in [3.05, 3.63) is 24.3 Å². The van der Waals surface area contributed by atoms with Crippen LogP contribution in [0.4, 0.5) is 4.79 Å². The molecule has 1 aliphatic heterocycles. The lowest BCUT2D eigenvalue weighted by Crippen LogP contribution is -2.52. The van der Waals surface area contributed by atoms with Gasteiger partial charge in [-0.05, 0) is 30.7 Å².